The first-order valence-corrected chi connectivity index (χ1v) is 9.02. The predicted molar refractivity (Wildman–Crippen MR) is 95.7 cm³/mol. The highest BCUT2D eigenvalue weighted by atomic mass is 79.9. The van der Waals surface area contributed by atoms with Crippen LogP contribution in [-0.4, -0.2) is 12.1 Å². The fourth-order valence-corrected chi connectivity index (χ4v) is 4.90. The molecule has 1 atom stereocenters. The summed E-state index contributed by atoms with van der Waals surface area (Å²) in [4.78, 5) is 4.89. The lowest BCUT2D eigenvalue weighted by Gasteiger charge is -2.12. The van der Waals surface area contributed by atoms with Crippen molar-refractivity contribution in [2.45, 2.75) is 11.2 Å². The Morgan fingerprint density at radius 3 is 2.81 bits per heavy atom. The number of alkyl halides is 1. The summed E-state index contributed by atoms with van der Waals surface area (Å²) >= 11 is 9.13. The fourth-order valence-electron chi connectivity index (χ4n) is 2.16. The van der Waals surface area contributed by atoms with Gasteiger partial charge in [-0.3, -0.25) is 0 Å². The van der Waals surface area contributed by atoms with E-state index in [4.69, 9.17) is 9.72 Å². The second-order valence-corrected chi connectivity index (χ2v) is 7.71. The zero-order valence-corrected chi connectivity index (χ0v) is 15.3. The van der Waals surface area contributed by atoms with Crippen LogP contribution in [0.5, 0.6) is 5.75 Å². The Hall–Kier alpha value is -0.910. The minimum absolute atomic E-state index is 0.197. The van der Waals surface area contributed by atoms with E-state index < -0.39 is 0 Å². The average molecular weight is 427 g/mol. The van der Waals surface area contributed by atoms with Crippen molar-refractivity contribution in [3.8, 4) is 5.75 Å². The molecule has 5 heteroatoms. The SMILES string of the molecule is COc1ccc(Br)c(C(Br)Cc2nc3ccccc3s2)c1. The van der Waals surface area contributed by atoms with E-state index in [0.717, 1.165) is 27.2 Å². The zero-order chi connectivity index (χ0) is 14.8. The van der Waals surface area contributed by atoms with Gasteiger partial charge in [-0.05, 0) is 35.9 Å². The third kappa shape index (κ3) is 3.30. The van der Waals surface area contributed by atoms with Gasteiger partial charge < -0.3 is 4.74 Å². The number of methoxy groups -OCH3 is 1. The molecular formula is C16H13Br2NOS. The summed E-state index contributed by atoms with van der Waals surface area (Å²) in [6.45, 7) is 0. The number of hydrogen-bond donors (Lipinski definition) is 0. The van der Waals surface area contributed by atoms with Crippen molar-refractivity contribution in [3.63, 3.8) is 0 Å². The smallest absolute Gasteiger partial charge is 0.119 e. The van der Waals surface area contributed by atoms with Crippen molar-refractivity contribution < 1.29 is 4.74 Å². The Morgan fingerprint density at radius 1 is 1.24 bits per heavy atom. The number of hydrogen-bond acceptors (Lipinski definition) is 3. The normalized spacial score (nSPS) is 12.5. The molecule has 3 aromatic rings. The van der Waals surface area contributed by atoms with Crippen LogP contribution >= 0.6 is 43.2 Å². The van der Waals surface area contributed by atoms with E-state index >= 15 is 0 Å². The van der Waals surface area contributed by atoms with Gasteiger partial charge >= 0.3 is 0 Å². The molecule has 2 nitrogen and oxygen atoms in total. The summed E-state index contributed by atoms with van der Waals surface area (Å²) in [5.41, 5.74) is 2.25. The van der Waals surface area contributed by atoms with Gasteiger partial charge in [-0.25, -0.2) is 4.98 Å². The number of benzene rings is 2. The molecule has 3 rings (SSSR count). The molecule has 108 valence electrons. The van der Waals surface area contributed by atoms with Gasteiger partial charge in [0.1, 0.15) is 5.75 Å². The number of rotatable bonds is 4. The van der Waals surface area contributed by atoms with Gasteiger partial charge in [0, 0.05) is 15.7 Å². The van der Waals surface area contributed by atoms with Crippen molar-refractivity contribution in [1.29, 1.82) is 0 Å². The summed E-state index contributed by atoms with van der Waals surface area (Å²) in [7, 11) is 1.68. The largest absolute Gasteiger partial charge is 0.497 e. The van der Waals surface area contributed by atoms with E-state index in [1.54, 1.807) is 18.4 Å². The second kappa shape index (κ2) is 6.46. The maximum Gasteiger partial charge on any atom is 0.119 e. The summed E-state index contributed by atoms with van der Waals surface area (Å²) in [5.74, 6) is 0.863. The molecular weight excluding hydrogens is 414 g/mol. The van der Waals surface area contributed by atoms with Crippen molar-refractivity contribution in [3.05, 3.63) is 57.5 Å². The number of halogens is 2. The number of para-hydroxylation sites is 1. The topological polar surface area (TPSA) is 22.1 Å². The summed E-state index contributed by atoms with van der Waals surface area (Å²) < 4.78 is 7.61. The Balaban J connectivity index is 1.87. The van der Waals surface area contributed by atoms with E-state index in [1.165, 1.54) is 10.3 Å². The van der Waals surface area contributed by atoms with Crippen LogP contribution in [0.25, 0.3) is 10.2 Å². The fraction of sp³-hybridized carbons (Fsp3) is 0.188. The second-order valence-electron chi connectivity index (χ2n) is 4.63. The molecule has 0 N–H and O–H groups in total. The van der Waals surface area contributed by atoms with E-state index in [1.807, 2.05) is 18.2 Å². The number of fused-ring (bicyclic) bond motifs is 1. The first-order chi connectivity index (χ1) is 10.2. The Kier molecular flexibility index (Phi) is 4.62. The highest BCUT2D eigenvalue weighted by Gasteiger charge is 2.15. The molecule has 0 aliphatic carbocycles. The molecule has 0 radical (unpaired) electrons. The molecule has 0 fully saturated rings. The number of aromatic nitrogens is 1. The average Bonchev–Trinajstić information content (AvgIpc) is 2.89. The molecule has 21 heavy (non-hydrogen) atoms. The molecule has 2 aromatic carbocycles. The summed E-state index contributed by atoms with van der Waals surface area (Å²) in [6.07, 6.45) is 0.852. The van der Waals surface area contributed by atoms with Crippen molar-refractivity contribution in [2.24, 2.45) is 0 Å². The molecule has 0 spiro atoms. The van der Waals surface area contributed by atoms with Crippen molar-refractivity contribution in [1.82, 2.24) is 4.98 Å². The lowest BCUT2D eigenvalue weighted by Crippen LogP contribution is -1.97. The lowest BCUT2D eigenvalue weighted by atomic mass is 10.1. The molecule has 0 saturated heterocycles. The maximum absolute atomic E-state index is 5.30. The van der Waals surface area contributed by atoms with Crippen LogP contribution in [-0.2, 0) is 6.42 Å². The quantitative estimate of drug-likeness (QED) is 0.495. The number of nitrogens with zero attached hydrogens (tertiary/aromatic N) is 1. The summed E-state index contributed by atoms with van der Waals surface area (Å²) in [5, 5.41) is 1.13. The molecule has 1 heterocycles. The van der Waals surface area contributed by atoms with Crippen LogP contribution in [0.2, 0.25) is 0 Å². The number of ether oxygens (including phenoxy) is 1. The van der Waals surface area contributed by atoms with Gasteiger partial charge in [0.2, 0.25) is 0 Å². The molecule has 0 bridgehead atoms. The maximum atomic E-state index is 5.30. The van der Waals surface area contributed by atoms with Crippen LogP contribution in [0.1, 0.15) is 15.4 Å². The van der Waals surface area contributed by atoms with Crippen molar-refractivity contribution >= 4 is 53.4 Å². The Bertz CT molecular complexity index is 739. The molecule has 0 saturated carbocycles. The molecule has 0 aliphatic rings. The molecule has 0 aliphatic heterocycles. The van der Waals surface area contributed by atoms with Gasteiger partial charge in [0.25, 0.3) is 0 Å². The minimum atomic E-state index is 0.197. The Labute approximate surface area is 144 Å². The first-order valence-electron chi connectivity index (χ1n) is 6.49. The van der Waals surface area contributed by atoms with E-state index in [0.29, 0.717) is 0 Å². The molecule has 0 amide bonds. The van der Waals surface area contributed by atoms with Gasteiger partial charge in [-0.2, -0.15) is 0 Å². The third-order valence-electron chi connectivity index (χ3n) is 3.23. The van der Waals surface area contributed by atoms with Gasteiger partial charge in [-0.1, -0.05) is 44.0 Å². The van der Waals surface area contributed by atoms with E-state index in [2.05, 4.69) is 56.1 Å². The Morgan fingerprint density at radius 2 is 2.05 bits per heavy atom. The van der Waals surface area contributed by atoms with Gasteiger partial charge in [-0.15, -0.1) is 11.3 Å². The predicted octanol–water partition coefficient (Wildman–Crippen LogP) is 5.75. The monoisotopic (exact) mass is 425 g/mol. The van der Waals surface area contributed by atoms with Crippen LogP contribution in [0.15, 0.2) is 46.9 Å². The van der Waals surface area contributed by atoms with E-state index in [-0.39, 0.29) is 4.83 Å². The third-order valence-corrected chi connectivity index (χ3v) is 5.83. The van der Waals surface area contributed by atoms with Crippen LogP contribution in [0.4, 0.5) is 0 Å². The number of thiazole rings is 1. The molecule has 1 unspecified atom stereocenters. The molecule has 1 aromatic heterocycles. The standard InChI is InChI=1S/C16H13Br2NOS/c1-20-10-6-7-12(17)11(8-10)13(18)9-16-19-14-4-2-3-5-15(14)21-16/h2-8,13H,9H2,1H3. The minimum Gasteiger partial charge on any atom is -0.497 e. The van der Waals surface area contributed by atoms with Crippen LogP contribution < -0.4 is 4.74 Å². The highest BCUT2D eigenvalue weighted by Crippen LogP contribution is 2.36. The van der Waals surface area contributed by atoms with Gasteiger partial charge in [0.05, 0.1) is 22.3 Å². The lowest BCUT2D eigenvalue weighted by molar-refractivity contribution is 0.414. The van der Waals surface area contributed by atoms with E-state index in [9.17, 15) is 0 Å². The zero-order valence-electron chi connectivity index (χ0n) is 11.3. The van der Waals surface area contributed by atoms with Crippen molar-refractivity contribution in [2.75, 3.05) is 7.11 Å². The first kappa shape index (κ1) is 15.0. The van der Waals surface area contributed by atoms with Crippen LogP contribution in [0, 0.1) is 0 Å². The van der Waals surface area contributed by atoms with Crippen LogP contribution in [0.3, 0.4) is 0 Å². The summed E-state index contributed by atoms with van der Waals surface area (Å²) in [6, 6.07) is 14.3. The van der Waals surface area contributed by atoms with Gasteiger partial charge in [0.15, 0.2) is 0 Å². The highest BCUT2D eigenvalue weighted by molar-refractivity contribution is 9.11.